The minimum atomic E-state index is -0.0652. The average molecular weight is 375 g/mol. The summed E-state index contributed by atoms with van der Waals surface area (Å²) >= 11 is 6.19. The van der Waals surface area contributed by atoms with E-state index >= 15 is 0 Å². The zero-order valence-electron chi connectivity index (χ0n) is 15.3. The predicted octanol–water partition coefficient (Wildman–Crippen LogP) is 4.85. The summed E-state index contributed by atoms with van der Waals surface area (Å²) in [6, 6.07) is 8.86. The number of hydrogen-bond donors (Lipinski definition) is 1. The van der Waals surface area contributed by atoms with Gasteiger partial charge in [-0.15, -0.1) is 0 Å². The van der Waals surface area contributed by atoms with Crippen LogP contribution < -0.4 is 14.8 Å². The molecule has 0 unspecified atom stereocenters. The van der Waals surface area contributed by atoms with Crippen molar-refractivity contribution >= 4 is 23.6 Å². The first-order valence-corrected chi connectivity index (χ1v) is 8.76. The maximum atomic E-state index is 11.0. The Kier molecular flexibility index (Phi) is 7.04. The van der Waals surface area contributed by atoms with Crippen molar-refractivity contribution in [2.75, 3.05) is 0 Å². The van der Waals surface area contributed by atoms with Crippen LogP contribution in [0.25, 0.3) is 6.08 Å². The van der Waals surface area contributed by atoms with E-state index in [2.05, 4.69) is 10.3 Å². The lowest BCUT2D eigenvalue weighted by molar-refractivity contribution is -0.119. The van der Waals surface area contributed by atoms with Gasteiger partial charge in [-0.3, -0.25) is 4.79 Å². The summed E-state index contributed by atoms with van der Waals surface area (Å²) < 4.78 is 11.4. The van der Waals surface area contributed by atoms with Crippen molar-refractivity contribution in [1.29, 1.82) is 0 Å². The lowest BCUT2D eigenvalue weighted by Crippen LogP contribution is -2.28. The van der Waals surface area contributed by atoms with Gasteiger partial charge in [-0.1, -0.05) is 23.8 Å². The van der Waals surface area contributed by atoms with Crippen molar-refractivity contribution in [3.63, 3.8) is 0 Å². The molecule has 1 aromatic heterocycles. The first kappa shape index (κ1) is 19.8. The van der Waals surface area contributed by atoms with Crippen LogP contribution >= 0.6 is 11.6 Å². The van der Waals surface area contributed by atoms with Gasteiger partial charge >= 0.3 is 0 Å². The van der Waals surface area contributed by atoms with Gasteiger partial charge in [-0.25, -0.2) is 4.98 Å². The van der Waals surface area contributed by atoms with Crippen molar-refractivity contribution in [3.05, 3.63) is 53.2 Å². The molecule has 6 heteroatoms. The molecule has 0 saturated carbocycles. The molecule has 1 amide bonds. The van der Waals surface area contributed by atoms with E-state index in [4.69, 9.17) is 21.1 Å². The van der Waals surface area contributed by atoms with Crippen molar-refractivity contribution in [3.8, 4) is 17.4 Å². The van der Waals surface area contributed by atoms with Gasteiger partial charge in [0.15, 0.2) is 5.75 Å². The maximum absolute atomic E-state index is 11.0. The number of carbonyl (C=O) groups excluding carboxylic acids is 1. The monoisotopic (exact) mass is 374 g/mol. The van der Waals surface area contributed by atoms with Gasteiger partial charge in [-0.2, -0.15) is 0 Å². The first-order chi connectivity index (χ1) is 12.3. The number of ether oxygens (including phenoxy) is 2. The fraction of sp³-hybridized carbons (Fsp3) is 0.300. The number of nitrogens with zero attached hydrogens (tertiary/aromatic N) is 1. The fourth-order valence-electron chi connectivity index (χ4n) is 2.19. The second-order valence-electron chi connectivity index (χ2n) is 6.14. The second kappa shape index (κ2) is 9.25. The molecule has 0 aliphatic carbocycles. The molecule has 0 spiro atoms. The molecule has 1 heterocycles. The summed E-state index contributed by atoms with van der Waals surface area (Å²) in [6.45, 7) is 7.30. The van der Waals surface area contributed by atoms with Crippen molar-refractivity contribution < 1.29 is 14.3 Å². The lowest BCUT2D eigenvalue weighted by Gasteiger charge is -2.12. The highest BCUT2D eigenvalue weighted by Gasteiger charge is 2.08. The van der Waals surface area contributed by atoms with E-state index in [0.717, 1.165) is 5.56 Å². The highest BCUT2D eigenvalue weighted by atomic mass is 35.5. The Morgan fingerprint density at radius 2 is 2.00 bits per heavy atom. The number of aromatic nitrogens is 1. The van der Waals surface area contributed by atoms with Crippen LogP contribution in [0.2, 0.25) is 5.02 Å². The fourth-order valence-corrected chi connectivity index (χ4v) is 2.35. The number of amides is 1. The zero-order chi connectivity index (χ0) is 19.1. The van der Waals surface area contributed by atoms with Gasteiger partial charge in [0, 0.05) is 31.3 Å². The Morgan fingerprint density at radius 1 is 1.23 bits per heavy atom. The van der Waals surface area contributed by atoms with Crippen molar-refractivity contribution in [2.45, 2.75) is 39.8 Å². The summed E-state index contributed by atoms with van der Waals surface area (Å²) in [5.74, 6) is 1.54. The highest BCUT2D eigenvalue weighted by Crippen LogP contribution is 2.32. The molecule has 1 aromatic carbocycles. The molecule has 1 N–H and O–H groups in total. The number of carbonyl (C=O) groups is 1. The maximum Gasteiger partial charge on any atom is 0.219 e. The Labute approximate surface area is 159 Å². The van der Waals surface area contributed by atoms with E-state index < -0.39 is 0 Å². The topological polar surface area (TPSA) is 60.5 Å². The number of halogens is 1. The molecule has 0 bridgehead atoms. The normalized spacial score (nSPS) is 12.2. The molecule has 0 saturated heterocycles. The molecular weight excluding hydrogens is 352 g/mol. The predicted molar refractivity (Wildman–Crippen MR) is 104 cm³/mol. The van der Waals surface area contributed by atoms with Gasteiger partial charge in [0.25, 0.3) is 0 Å². The van der Waals surface area contributed by atoms with Crippen LogP contribution in [-0.2, 0) is 4.79 Å². The molecular formula is C20H23ClN2O3. The van der Waals surface area contributed by atoms with Gasteiger partial charge in [0.2, 0.25) is 11.8 Å². The van der Waals surface area contributed by atoms with Crippen LogP contribution in [0.3, 0.4) is 0 Å². The summed E-state index contributed by atoms with van der Waals surface area (Å²) in [7, 11) is 0. The summed E-state index contributed by atoms with van der Waals surface area (Å²) in [4.78, 5) is 15.3. The van der Waals surface area contributed by atoms with Crippen LogP contribution in [0, 0.1) is 0 Å². The molecule has 0 radical (unpaired) electrons. The minimum absolute atomic E-state index is 0.0501. The third-order valence-corrected chi connectivity index (χ3v) is 3.57. The summed E-state index contributed by atoms with van der Waals surface area (Å²) in [5, 5.41) is 3.27. The third kappa shape index (κ3) is 6.41. The first-order valence-electron chi connectivity index (χ1n) is 8.39. The number of benzene rings is 1. The van der Waals surface area contributed by atoms with Crippen LogP contribution in [0.15, 0.2) is 42.6 Å². The number of nitrogens with one attached hydrogen (secondary N) is 1. The van der Waals surface area contributed by atoms with E-state index in [1.807, 2.05) is 39.0 Å². The molecule has 5 nitrogen and oxygen atoms in total. The van der Waals surface area contributed by atoms with Gasteiger partial charge in [-0.05, 0) is 44.5 Å². The van der Waals surface area contributed by atoms with E-state index in [9.17, 15) is 4.79 Å². The third-order valence-electron chi connectivity index (χ3n) is 3.26. The molecule has 0 fully saturated rings. The average Bonchev–Trinajstić information content (AvgIpc) is 2.56. The van der Waals surface area contributed by atoms with Crippen LogP contribution in [0.1, 0.15) is 33.3 Å². The molecule has 0 aliphatic heterocycles. The molecule has 26 heavy (non-hydrogen) atoms. The SMILES string of the molecule is CC(=O)N[C@@H](C)C=Cc1ccc(Oc2cc(OC(C)C)ccc2Cl)nc1. The largest absolute Gasteiger partial charge is 0.491 e. The van der Waals surface area contributed by atoms with Crippen LogP contribution in [-0.4, -0.2) is 23.0 Å². The van der Waals surface area contributed by atoms with Crippen molar-refractivity contribution in [1.82, 2.24) is 10.3 Å². The van der Waals surface area contributed by atoms with Gasteiger partial charge < -0.3 is 14.8 Å². The van der Waals surface area contributed by atoms with Gasteiger partial charge in [0.05, 0.1) is 11.1 Å². The van der Waals surface area contributed by atoms with E-state index in [0.29, 0.717) is 22.4 Å². The molecule has 138 valence electrons. The second-order valence-corrected chi connectivity index (χ2v) is 6.55. The number of hydrogen-bond acceptors (Lipinski definition) is 4. The number of pyridine rings is 1. The quantitative estimate of drug-likeness (QED) is 0.752. The van der Waals surface area contributed by atoms with Gasteiger partial charge in [0.1, 0.15) is 5.75 Å². The zero-order valence-corrected chi connectivity index (χ0v) is 16.1. The Balaban J connectivity index is 2.05. The Hall–Kier alpha value is -2.53. The molecule has 2 aromatic rings. The molecule has 1 atom stereocenters. The van der Waals surface area contributed by atoms with E-state index in [1.54, 1.807) is 30.5 Å². The van der Waals surface area contributed by atoms with E-state index in [1.165, 1.54) is 6.92 Å². The summed E-state index contributed by atoms with van der Waals surface area (Å²) in [5.41, 5.74) is 0.901. The Bertz CT molecular complexity index is 773. The summed E-state index contributed by atoms with van der Waals surface area (Å²) in [6.07, 6.45) is 5.53. The molecule has 0 aliphatic rings. The minimum Gasteiger partial charge on any atom is -0.491 e. The van der Waals surface area contributed by atoms with Crippen molar-refractivity contribution in [2.24, 2.45) is 0 Å². The Morgan fingerprint density at radius 3 is 2.62 bits per heavy atom. The highest BCUT2D eigenvalue weighted by molar-refractivity contribution is 6.32. The molecule has 2 rings (SSSR count). The van der Waals surface area contributed by atoms with Crippen LogP contribution in [0.5, 0.6) is 17.4 Å². The standard InChI is InChI=1S/C20H23ClN2O3/c1-13(2)25-17-8-9-18(21)19(11-17)26-20-10-7-16(12-22-20)6-5-14(3)23-15(4)24/h5-14H,1-4H3,(H,23,24)/t14-/m0/s1. The number of rotatable bonds is 7. The van der Waals surface area contributed by atoms with E-state index in [-0.39, 0.29) is 18.1 Å². The van der Waals surface area contributed by atoms with Crippen LogP contribution in [0.4, 0.5) is 0 Å². The lowest BCUT2D eigenvalue weighted by atomic mass is 10.2. The smallest absolute Gasteiger partial charge is 0.219 e.